The topological polar surface area (TPSA) is 32.7 Å². The first-order valence-electron chi connectivity index (χ1n) is 9.25. The molecule has 1 heterocycles. The zero-order chi connectivity index (χ0) is 19.7. The number of carbonyl (C=O) groups is 1. The van der Waals surface area contributed by atoms with Crippen molar-refractivity contribution in [3.05, 3.63) is 75.3 Å². The third-order valence-corrected chi connectivity index (χ3v) is 6.03. The van der Waals surface area contributed by atoms with Crippen LogP contribution in [0.5, 0.6) is 0 Å². The molecule has 0 unspecified atom stereocenters. The van der Waals surface area contributed by atoms with Crippen LogP contribution in [0.15, 0.2) is 59.2 Å². The van der Waals surface area contributed by atoms with Gasteiger partial charge in [0.05, 0.1) is 11.8 Å². The zero-order valence-electron chi connectivity index (χ0n) is 15.1. The van der Waals surface area contributed by atoms with Crippen LogP contribution in [0.1, 0.15) is 36.4 Å². The summed E-state index contributed by atoms with van der Waals surface area (Å²) in [7, 11) is 0. The number of rotatable bonds is 3. The number of fused-ring (bicyclic) bond motifs is 1. The number of hydrogen-bond acceptors (Lipinski definition) is 2. The van der Waals surface area contributed by atoms with Gasteiger partial charge in [-0.1, -0.05) is 47.5 Å². The fourth-order valence-electron chi connectivity index (χ4n) is 4.02. The molecule has 0 radical (unpaired) electrons. The fourth-order valence-corrected chi connectivity index (χ4v) is 4.40. The van der Waals surface area contributed by atoms with E-state index in [0.29, 0.717) is 10.0 Å². The van der Waals surface area contributed by atoms with Gasteiger partial charge in [-0.05, 0) is 66.3 Å². The molecular weight excluding hydrogens is 415 g/mol. The van der Waals surface area contributed by atoms with Crippen LogP contribution in [-0.4, -0.2) is 22.5 Å². The Morgan fingerprint density at radius 2 is 1.71 bits per heavy atom. The van der Waals surface area contributed by atoms with E-state index in [4.69, 9.17) is 39.9 Å². The summed E-state index contributed by atoms with van der Waals surface area (Å²) >= 11 is 17.9. The molecule has 0 spiro atoms. The second-order valence-corrected chi connectivity index (χ2v) is 8.21. The summed E-state index contributed by atoms with van der Waals surface area (Å²) in [6, 6.07) is 15.2. The van der Waals surface area contributed by atoms with Crippen LogP contribution in [-0.2, 0) is 4.79 Å². The lowest BCUT2D eigenvalue weighted by Crippen LogP contribution is -2.32. The van der Waals surface area contributed by atoms with Gasteiger partial charge in [-0.2, -0.15) is 5.10 Å². The van der Waals surface area contributed by atoms with E-state index in [1.54, 1.807) is 5.01 Å². The van der Waals surface area contributed by atoms with Gasteiger partial charge in [-0.25, -0.2) is 5.01 Å². The number of halogens is 3. The Morgan fingerprint density at radius 1 is 1.07 bits per heavy atom. The molecule has 1 aliphatic heterocycles. The molecule has 6 heteroatoms. The summed E-state index contributed by atoms with van der Waals surface area (Å²) in [4.78, 5) is 12.5. The molecule has 2 atom stereocenters. The fraction of sp³-hybridized carbons (Fsp3) is 0.273. The van der Waals surface area contributed by atoms with Gasteiger partial charge in [0.15, 0.2) is 0 Å². The van der Waals surface area contributed by atoms with E-state index in [9.17, 15) is 4.79 Å². The van der Waals surface area contributed by atoms with Gasteiger partial charge in [0.1, 0.15) is 5.88 Å². The summed E-state index contributed by atoms with van der Waals surface area (Å²) < 4.78 is 0. The van der Waals surface area contributed by atoms with E-state index in [0.717, 1.165) is 36.1 Å². The molecule has 1 amide bonds. The lowest BCUT2D eigenvalue weighted by atomic mass is 9.77. The average Bonchev–Trinajstić information content (AvgIpc) is 3.10. The second-order valence-electron chi connectivity index (χ2n) is 7.07. The van der Waals surface area contributed by atoms with Crippen LogP contribution in [0.4, 0.5) is 0 Å². The van der Waals surface area contributed by atoms with E-state index in [1.165, 1.54) is 5.57 Å². The van der Waals surface area contributed by atoms with Gasteiger partial charge < -0.3 is 0 Å². The number of nitrogens with zero attached hydrogens (tertiary/aromatic N) is 2. The van der Waals surface area contributed by atoms with E-state index in [-0.39, 0.29) is 23.7 Å². The summed E-state index contributed by atoms with van der Waals surface area (Å²) in [5.41, 5.74) is 4.26. The van der Waals surface area contributed by atoms with E-state index in [1.807, 2.05) is 48.5 Å². The van der Waals surface area contributed by atoms with Crippen molar-refractivity contribution in [1.29, 1.82) is 0 Å². The summed E-state index contributed by atoms with van der Waals surface area (Å²) in [5, 5.41) is 7.69. The minimum absolute atomic E-state index is 0.0934. The highest BCUT2D eigenvalue weighted by atomic mass is 35.5. The molecule has 2 aliphatic rings. The van der Waals surface area contributed by atoms with Crippen molar-refractivity contribution in [3.63, 3.8) is 0 Å². The van der Waals surface area contributed by atoms with Crippen molar-refractivity contribution in [3.8, 4) is 0 Å². The largest absolute Gasteiger partial charge is 0.272 e. The molecule has 1 fully saturated rings. The van der Waals surface area contributed by atoms with E-state index < -0.39 is 0 Å². The standard InChI is InChI=1S/C22H19Cl3N2O/c23-13-20(28)27-22(15-6-10-18(25)11-7-15)19-3-1-2-16(21(19)26-27)12-14-4-8-17(24)9-5-14/h4-12,19,22H,1-3,13H2/b16-12-/t19-,22+/m1/s1. The Morgan fingerprint density at radius 3 is 2.36 bits per heavy atom. The molecule has 144 valence electrons. The van der Waals surface area contributed by atoms with Crippen molar-refractivity contribution >= 4 is 52.5 Å². The second kappa shape index (κ2) is 8.28. The van der Waals surface area contributed by atoms with Crippen LogP contribution >= 0.6 is 34.8 Å². The predicted octanol–water partition coefficient (Wildman–Crippen LogP) is 6.36. The Bertz CT molecular complexity index is 935. The number of allylic oxidation sites excluding steroid dienone is 1. The lowest BCUT2D eigenvalue weighted by molar-refractivity contribution is -0.130. The third-order valence-electron chi connectivity index (χ3n) is 5.29. The summed E-state index contributed by atoms with van der Waals surface area (Å²) in [6.45, 7) is 0. The van der Waals surface area contributed by atoms with Crippen LogP contribution in [0.2, 0.25) is 10.0 Å². The van der Waals surface area contributed by atoms with Gasteiger partial charge in [-0.15, -0.1) is 11.6 Å². The number of benzene rings is 2. The maximum absolute atomic E-state index is 12.5. The molecule has 2 aromatic carbocycles. The minimum Gasteiger partial charge on any atom is -0.272 e. The van der Waals surface area contributed by atoms with Gasteiger partial charge in [0.2, 0.25) is 0 Å². The van der Waals surface area contributed by atoms with Crippen LogP contribution in [0, 0.1) is 5.92 Å². The molecule has 1 saturated carbocycles. The first-order chi connectivity index (χ1) is 13.6. The van der Waals surface area contributed by atoms with Crippen molar-refractivity contribution in [1.82, 2.24) is 5.01 Å². The quantitative estimate of drug-likeness (QED) is 0.519. The van der Waals surface area contributed by atoms with Crippen LogP contribution in [0.3, 0.4) is 0 Å². The maximum atomic E-state index is 12.5. The molecule has 28 heavy (non-hydrogen) atoms. The highest BCUT2D eigenvalue weighted by Gasteiger charge is 2.43. The maximum Gasteiger partial charge on any atom is 0.258 e. The number of hydrogen-bond donors (Lipinski definition) is 0. The van der Waals surface area contributed by atoms with Crippen LogP contribution in [0.25, 0.3) is 6.08 Å². The Labute approximate surface area is 179 Å². The number of carbonyl (C=O) groups excluding carboxylic acids is 1. The molecule has 0 saturated heterocycles. The van der Waals surface area contributed by atoms with Crippen molar-refractivity contribution < 1.29 is 4.79 Å². The van der Waals surface area contributed by atoms with Crippen LogP contribution < -0.4 is 0 Å². The van der Waals surface area contributed by atoms with Gasteiger partial charge in [0, 0.05) is 16.0 Å². The highest BCUT2D eigenvalue weighted by molar-refractivity contribution is 6.31. The molecule has 2 aromatic rings. The SMILES string of the molecule is O=C(CCl)N1N=C2/C(=C\c3ccc(Cl)cc3)CCC[C@H]2[C@@H]1c1ccc(Cl)cc1. The Hall–Kier alpha value is -1.81. The minimum atomic E-state index is -0.186. The predicted molar refractivity (Wildman–Crippen MR) is 116 cm³/mol. The third kappa shape index (κ3) is 3.84. The number of alkyl halides is 1. The summed E-state index contributed by atoms with van der Waals surface area (Å²) in [5.74, 6) is -0.126. The van der Waals surface area contributed by atoms with Crippen molar-refractivity contribution in [2.75, 3.05) is 5.88 Å². The van der Waals surface area contributed by atoms with E-state index in [2.05, 4.69) is 6.08 Å². The average molecular weight is 434 g/mol. The number of hydrazone groups is 1. The first kappa shape index (κ1) is 19.5. The molecule has 3 nitrogen and oxygen atoms in total. The molecule has 1 aliphatic carbocycles. The number of amides is 1. The highest BCUT2D eigenvalue weighted by Crippen LogP contribution is 2.44. The smallest absolute Gasteiger partial charge is 0.258 e. The molecule has 0 aromatic heterocycles. The molecule has 4 rings (SSSR count). The lowest BCUT2D eigenvalue weighted by Gasteiger charge is -2.29. The zero-order valence-corrected chi connectivity index (χ0v) is 17.4. The Kier molecular flexibility index (Phi) is 5.77. The summed E-state index contributed by atoms with van der Waals surface area (Å²) in [6.07, 6.45) is 5.12. The molecule has 0 N–H and O–H groups in total. The monoisotopic (exact) mass is 432 g/mol. The van der Waals surface area contributed by atoms with Gasteiger partial charge in [-0.3, -0.25) is 4.79 Å². The van der Waals surface area contributed by atoms with Gasteiger partial charge >= 0.3 is 0 Å². The van der Waals surface area contributed by atoms with E-state index >= 15 is 0 Å². The van der Waals surface area contributed by atoms with Crippen molar-refractivity contribution in [2.45, 2.75) is 25.3 Å². The molecular formula is C22H19Cl3N2O. The van der Waals surface area contributed by atoms with Crippen molar-refractivity contribution in [2.24, 2.45) is 11.0 Å². The Balaban J connectivity index is 1.73. The first-order valence-corrected chi connectivity index (χ1v) is 10.5. The molecule has 0 bridgehead atoms. The van der Waals surface area contributed by atoms with Gasteiger partial charge in [0.25, 0.3) is 5.91 Å². The normalized spacial score (nSPS) is 22.9.